The molecule has 0 saturated heterocycles. The van der Waals surface area contributed by atoms with Crippen molar-refractivity contribution >= 4 is 6.08 Å². The molecule has 1 radical (unpaired) electrons. The van der Waals surface area contributed by atoms with Gasteiger partial charge < -0.3 is 4.74 Å². The fourth-order valence-electron chi connectivity index (χ4n) is 3.72. The molecule has 0 bridgehead atoms. The maximum absolute atomic E-state index is 14.4. The van der Waals surface area contributed by atoms with Crippen LogP contribution >= 0.6 is 0 Å². The molecule has 0 atom stereocenters. The number of halogens is 5. The van der Waals surface area contributed by atoms with Crippen LogP contribution in [0.4, 0.5) is 22.0 Å². The van der Waals surface area contributed by atoms with Crippen molar-refractivity contribution in [1.29, 1.82) is 0 Å². The molecule has 3 aromatic rings. The molecule has 1 nitrogen and oxygen atoms in total. The molecule has 159 valence electrons. The van der Waals surface area contributed by atoms with E-state index >= 15 is 0 Å². The van der Waals surface area contributed by atoms with Crippen LogP contribution in [0.5, 0.6) is 11.5 Å². The number of hydrogen-bond acceptors (Lipinski definition) is 1. The Morgan fingerprint density at radius 2 is 1.35 bits per heavy atom. The van der Waals surface area contributed by atoms with Gasteiger partial charge in [0.1, 0.15) is 5.75 Å². The number of rotatable bonds is 4. The first-order valence-electron chi connectivity index (χ1n) is 9.69. The Labute approximate surface area is 176 Å². The smallest absolute Gasteiger partial charge is 0.207 e. The van der Waals surface area contributed by atoms with E-state index in [9.17, 15) is 22.0 Å². The minimum Gasteiger partial charge on any atom is -0.450 e. The topological polar surface area (TPSA) is 9.23 Å². The van der Waals surface area contributed by atoms with Crippen LogP contribution in [0.25, 0.3) is 17.2 Å². The first kappa shape index (κ1) is 21.1. The molecule has 0 amide bonds. The van der Waals surface area contributed by atoms with Gasteiger partial charge in [-0.15, -0.1) is 0 Å². The van der Waals surface area contributed by atoms with Crippen molar-refractivity contribution in [2.75, 3.05) is 0 Å². The summed E-state index contributed by atoms with van der Waals surface area (Å²) in [6.07, 6.45) is 3.86. The minimum atomic E-state index is -2.23. The van der Waals surface area contributed by atoms with Crippen LogP contribution in [-0.2, 0) is 0 Å². The van der Waals surface area contributed by atoms with Gasteiger partial charge in [-0.05, 0) is 35.1 Å². The molecule has 0 spiro atoms. The molecule has 0 unspecified atom stereocenters. The zero-order valence-corrected chi connectivity index (χ0v) is 17.0. The molecular weight excluding hydrogens is 411 g/mol. The second-order valence-corrected chi connectivity index (χ2v) is 7.73. The number of fused-ring (bicyclic) bond motifs is 1. The molecule has 0 aliphatic heterocycles. The van der Waals surface area contributed by atoms with Crippen molar-refractivity contribution in [3.63, 3.8) is 0 Å². The highest BCUT2D eigenvalue weighted by atomic mass is 19.2. The summed E-state index contributed by atoms with van der Waals surface area (Å²) in [6.45, 7) is 5.63. The van der Waals surface area contributed by atoms with Gasteiger partial charge in [-0.25, -0.2) is 13.2 Å². The fraction of sp³-hybridized carbons (Fsp3) is 0.160. The summed E-state index contributed by atoms with van der Waals surface area (Å²) in [5.74, 6) is -11.8. The van der Waals surface area contributed by atoms with Crippen LogP contribution in [-0.4, -0.2) is 0 Å². The Balaban J connectivity index is 2.04. The molecule has 31 heavy (non-hydrogen) atoms. The largest absolute Gasteiger partial charge is 0.450 e. The third-order valence-corrected chi connectivity index (χ3v) is 5.19. The van der Waals surface area contributed by atoms with Crippen LogP contribution in [0.1, 0.15) is 43.4 Å². The molecule has 3 aromatic carbocycles. The van der Waals surface area contributed by atoms with Gasteiger partial charge in [0.15, 0.2) is 0 Å². The fourth-order valence-corrected chi connectivity index (χ4v) is 3.72. The van der Waals surface area contributed by atoms with Crippen LogP contribution < -0.4 is 4.74 Å². The van der Waals surface area contributed by atoms with Crippen molar-refractivity contribution in [3.05, 3.63) is 94.2 Å². The van der Waals surface area contributed by atoms with E-state index in [2.05, 4.69) is 0 Å². The van der Waals surface area contributed by atoms with Gasteiger partial charge in [0.05, 0.1) is 0 Å². The summed E-state index contributed by atoms with van der Waals surface area (Å²) < 4.78 is 75.5. The summed E-state index contributed by atoms with van der Waals surface area (Å²) >= 11 is 0. The zero-order chi connectivity index (χ0) is 22.4. The number of ether oxygens (including phenoxy) is 1. The van der Waals surface area contributed by atoms with Crippen molar-refractivity contribution in [2.24, 2.45) is 0 Å². The highest BCUT2D eigenvalue weighted by Crippen LogP contribution is 2.48. The van der Waals surface area contributed by atoms with Gasteiger partial charge in [0.2, 0.25) is 34.8 Å². The Kier molecular flexibility index (Phi) is 5.33. The quantitative estimate of drug-likeness (QED) is 0.232. The van der Waals surface area contributed by atoms with Crippen LogP contribution in [0.3, 0.4) is 0 Å². The zero-order valence-electron chi connectivity index (χ0n) is 17.0. The molecule has 0 saturated carbocycles. The average molecular weight is 429 g/mol. The lowest BCUT2D eigenvalue weighted by Gasteiger charge is -2.22. The van der Waals surface area contributed by atoms with Crippen LogP contribution in [0.15, 0.2) is 42.0 Å². The van der Waals surface area contributed by atoms with E-state index in [0.717, 1.165) is 16.7 Å². The van der Waals surface area contributed by atoms with Crippen LogP contribution in [0.2, 0.25) is 0 Å². The van der Waals surface area contributed by atoms with Gasteiger partial charge in [-0.2, -0.15) is 8.78 Å². The van der Waals surface area contributed by atoms with Gasteiger partial charge in [-0.1, -0.05) is 61.9 Å². The molecule has 0 N–H and O–H groups in total. The van der Waals surface area contributed by atoms with E-state index in [-0.39, 0.29) is 11.7 Å². The van der Waals surface area contributed by atoms with E-state index in [1.165, 1.54) is 0 Å². The summed E-state index contributed by atoms with van der Waals surface area (Å²) in [5.41, 5.74) is 4.42. The van der Waals surface area contributed by atoms with Gasteiger partial charge in [0, 0.05) is 12.0 Å². The first-order valence-corrected chi connectivity index (χ1v) is 9.69. The van der Waals surface area contributed by atoms with E-state index in [4.69, 9.17) is 4.74 Å². The van der Waals surface area contributed by atoms with Crippen molar-refractivity contribution in [1.82, 2.24) is 0 Å². The van der Waals surface area contributed by atoms with Crippen molar-refractivity contribution in [2.45, 2.75) is 26.7 Å². The summed E-state index contributed by atoms with van der Waals surface area (Å²) in [7, 11) is 0. The molecule has 6 heteroatoms. The predicted octanol–water partition coefficient (Wildman–Crippen LogP) is 7.93. The van der Waals surface area contributed by atoms with E-state index < -0.39 is 34.8 Å². The number of allylic oxidation sites excluding steroid dienone is 1. The summed E-state index contributed by atoms with van der Waals surface area (Å²) in [4.78, 5) is 0. The normalized spacial score (nSPS) is 12.9. The maximum Gasteiger partial charge on any atom is 0.207 e. The summed E-state index contributed by atoms with van der Waals surface area (Å²) in [5, 5.41) is 0. The third kappa shape index (κ3) is 3.50. The van der Waals surface area contributed by atoms with Crippen molar-refractivity contribution in [3.8, 4) is 22.6 Å². The monoisotopic (exact) mass is 429 g/mol. The lowest BCUT2D eigenvalue weighted by molar-refractivity contribution is 0.331. The Morgan fingerprint density at radius 1 is 0.774 bits per heavy atom. The number of benzene rings is 3. The van der Waals surface area contributed by atoms with E-state index in [1.807, 2.05) is 45.4 Å². The van der Waals surface area contributed by atoms with Gasteiger partial charge in [-0.3, -0.25) is 0 Å². The Bertz CT molecular complexity index is 1180. The lowest BCUT2D eigenvalue weighted by atomic mass is 9.89. The molecule has 0 fully saturated rings. The molecule has 0 aromatic heterocycles. The Morgan fingerprint density at radius 3 is 1.94 bits per heavy atom. The SMILES string of the molecule is CC1=Cc2c(cc(C(C)C)c(Oc3c(F)c(F)c(F)c(F)c3F)c2-c2ccccc2)[CH]1. The minimum absolute atomic E-state index is 0.0579. The van der Waals surface area contributed by atoms with Gasteiger partial charge in [0.25, 0.3) is 0 Å². The molecule has 1 aliphatic carbocycles. The standard InChI is InChI=1S/C25H18F5O/c1-12(2)16-11-15-9-13(3)10-17(15)18(14-7-5-4-6-8-14)24(16)31-25-22(29)20(27)19(26)21(28)23(25)30/h4-12H,1-3H3. The maximum atomic E-state index is 14.4. The lowest BCUT2D eigenvalue weighted by Crippen LogP contribution is -2.07. The van der Waals surface area contributed by atoms with Gasteiger partial charge >= 0.3 is 0 Å². The van der Waals surface area contributed by atoms with E-state index in [1.54, 1.807) is 24.3 Å². The van der Waals surface area contributed by atoms with Crippen molar-refractivity contribution < 1.29 is 26.7 Å². The molecule has 0 heterocycles. The predicted molar refractivity (Wildman–Crippen MR) is 109 cm³/mol. The molecule has 1 aliphatic rings. The first-order chi connectivity index (χ1) is 14.7. The third-order valence-electron chi connectivity index (χ3n) is 5.19. The highest BCUT2D eigenvalue weighted by molar-refractivity contribution is 5.88. The Hall–Kier alpha value is -3.15. The average Bonchev–Trinajstić information content (AvgIpc) is 3.13. The summed E-state index contributed by atoms with van der Waals surface area (Å²) in [6, 6.07) is 10.8. The van der Waals surface area contributed by atoms with Crippen LogP contribution in [0, 0.1) is 35.5 Å². The van der Waals surface area contributed by atoms with E-state index in [0.29, 0.717) is 16.7 Å². The second kappa shape index (κ2) is 7.84. The highest BCUT2D eigenvalue weighted by Gasteiger charge is 2.30. The second-order valence-electron chi connectivity index (χ2n) is 7.73. The molecular formula is C25H18F5O. The molecule has 4 rings (SSSR count). The number of hydrogen-bond donors (Lipinski definition) is 0.